The first-order valence-electron chi connectivity index (χ1n) is 8.33. The van der Waals surface area contributed by atoms with Gasteiger partial charge in [-0.05, 0) is 49.5 Å². The molecule has 0 aromatic carbocycles. The Kier molecular flexibility index (Phi) is 3.38. The summed E-state index contributed by atoms with van der Waals surface area (Å²) in [6, 6.07) is 0.880. The highest BCUT2D eigenvalue weighted by atomic mass is 32.1. The maximum Gasteiger partial charge on any atom is 0.138 e. The Balaban J connectivity index is 1.72. The Morgan fingerprint density at radius 2 is 2.00 bits per heavy atom. The molecule has 2 aliphatic carbocycles. The fraction of sp³-hybridized carbons (Fsp3) is 0.647. The number of fused-ring (bicyclic) bond motifs is 3. The van der Waals surface area contributed by atoms with E-state index in [1.165, 1.54) is 28.7 Å². The Morgan fingerprint density at radius 1 is 1.23 bits per heavy atom. The fourth-order valence-electron chi connectivity index (χ4n) is 3.99. The molecule has 0 atom stereocenters. The normalized spacial score (nSPS) is 27.0. The van der Waals surface area contributed by atoms with Crippen LogP contribution in [0, 0.1) is 0 Å². The maximum atomic E-state index is 6.02. The average molecular weight is 316 g/mol. The van der Waals surface area contributed by atoms with Crippen molar-refractivity contribution < 1.29 is 0 Å². The molecule has 0 saturated heterocycles. The summed E-state index contributed by atoms with van der Waals surface area (Å²) >= 11 is 1.85. The molecule has 2 aromatic heterocycles. The molecule has 0 radical (unpaired) electrons. The van der Waals surface area contributed by atoms with Crippen LogP contribution in [0.1, 0.15) is 56.4 Å². The van der Waals surface area contributed by atoms with Crippen LogP contribution in [0.15, 0.2) is 6.33 Å². The minimum absolute atomic E-state index is 0.240. The van der Waals surface area contributed by atoms with E-state index in [2.05, 4.69) is 29.1 Å². The van der Waals surface area contributed by atoms with Crippen molar-refractivity contribution in [3.63, 3.8) is 0 Å². The van der Waals surface area contributed by atoms with Crippen LogP contribution in [0.2, 0.25) is 0 Å². The van der Waals surface area contributed by atoms with E-state index < -0.39 is 0 Å². The molecular formula is C17H24N4S. The van der Waals surface area contributed by atoms with E-state index in [1.54, 1.807) is 6.33 Å². The Morgan fingerprint density at radius 3 is 2.77 bits per heavy atom. The second-order valence-corrected chi connectivity index (χ2v) is 8.53. The van der Waals surface area contributed by atoms with E-state index in [-0.39, 0.29) is 5.41 Å². The number of nitrogens with two attached hydrogens (primary N) is 1. The van der Waals surface area contributed by atoms with Crippen molar-refractivity contribution >= 4 is 27.4 Å². The van der Waals surface area contributed by atoms with Crippen molar-refractivity contribution in [1.82, 2.24) is 9.97 Å². The van der Waals surface area contributed by atoms with E-state index in [4.69, 9.17) is 5.73 Å². The number of anilines is 1. The van der Waals surface area contributed by atoms with Gasteiger partial charge >= 0.3 is 0 Å². The van der Waals surface area contributed by atoms with Crippen molar-refractivity contribution in [1.29, 1.82) is 0 Å². The summed E-state index contributed by atoms with van der Waals surface area (Å²) < 4.78 is 0. The largest absolute Gasteiger partial charge is 0.367 e. The second kappa shape index (κ2) is 5.17. The van der Waals surface area contributed by atoms with Gasteiger partial charge in [0.25, 0.3) is 0 Å². The van der Waals surface area contributed by atoms with Crippen LogP contribution in [-0.4, -0.2) is 22.1 Å². The Hall–Kier alpha value is -1.20. The average Bonchev–Trinajstić information content (AvgIpc) is 3.00. The lowest BCUT2D eigenvalue weighted by Gasteiger charge is -2.28. The lowest BCUT2D eigenvalue weighted by Crippen LogP contribution is -2.33. The molecule has 2 aromatic rings. The lowest BCUT2D eigenvalue weighted by molar-refractivity contribution is 0.410. The molecule has 0 aliphatic heterocycles. The lowest BCUT2D eigenvalue weighted by atomic mass is 9.86. The Labute approximate surface area is 135 Å². The third kappa shape index (κ3) is 2.31. The highest BCUT2D eigenvalue weighted by molar-refractivity contribution is 7.19. The van der Waals surface area contributed by atoms with E-state index in [1.807, 2.05) is 11.3 Å². The van der Waals surface area contributed by atoms with Crippen LogP contribution in [0.3, 0.4) is 0 Å². The van der Waals surface area contributed by atoms with E-state index in [9.17, 15) is 0 Å². The zero-order valence-electron chi connectivity index (χ0n) is 13.4. The molecule has 4 rings (SSSR count). The highest BCUT2D eigenvalue weighted by Crippen LogP contribution is 2.48. The second-order valence-electron chi connectivity index (χ2n) is 7.44. The minimum atomic E-state index is 0.240. The molecule has 0 bridgehead atoms. The molecule has 0 amide bonds. The van der Waals surface area contributed by atoms with Gasteiger partial charge in [0.05, 0.1) is 5.39 Å². The molecule has 2 heterocycles. The smallest absolute Gasteiger partial charge is 0.138 e. The Bertz CT molecular complexity index is 698. The summed E-state index contributed by atoms with van der Waals surface area (Å²) in [7, 11) is 0. The monoisotopic (exact) mass is 316 g/mol. The van der Waals surface area contributed by atoms with E-state index in [0.29, 0.717) is 12.1 Å². The van der Waals surface area contributed by atoms with Gasteiger partial charge in [-0.3, -0.25) is 0 Å². The summed E-state index contributed by atoms with van der Waals surface area (Å²) in [5, 5.41) is 4.98. The van der Waals surface area contributed by atoms with Gasteiger partial charge in [-0.15, -0.1) is 11.3 Å². The number of rotatable bonds is 2. The molecule has 0 unspecified atom stereocenters. The summed E-state index contributed by atoms with van der Waals surface area (Å²) in [5.41, 5.74) is 7.75. The van der Waals surface area contributed by atoms with Crippen LogP contribution in [0.5, 0.6) is 0 Å². The molecule has 0 spiro atoms. The minimum Gasteiger partial charge on any atom is -0.367 e. The first kappa shape index (κ1) is 14.4. The van der Waals surface area contributed by atoms with Gasteiger partial charge < -0.3 is 11.1 Å². The summed E-state index contributed by atoms with van der Waals surface area (Å²) in [6.07, 6.45) is 8.62. The topological polar surface area (TPSA) is 63.8 Å². The predicted octanol–water partition coefficient (Wildman–Crippen LogP) is 3.60. The molecule has 22 heavy (non-hydrogen) atoms. The van der Waals surface area contributed by atoms with Gasteiger partial charge in [-0.2, -0.15) is 0 Å². The number of aromatic nitrogens is 2. The molecule has 2 aliphatic rings. The number of nitrogens with one attached hydrogen (secondary N) is 1. The van der Waals surface area contributed by atoms with Crippen LogP contribution < -0.4 is 11.1 Å². The SMILES string of the molecule is CC1(C)CCc2sc3ncnc(NC4CCC(N)CC4)c3c21. The molecule has 1 fully saturated rings. The number of nitrogens with zero attached hydrogens (tertiary/aromatic N) is 2. The molecule has 5 heteroatoms. The summed E-state index contributed by atoms with van der Waals surface area (Å²) in [4.78, 5) is 11.8. The van der Waals surface area contributed by atoms with Gasteiger partial charge in [0.2, 0.25) is 0 Å². The van der Waals surface area contributed by atoms with Crippen molar-refractivity contribution in [2.45, 2.75) is 69.9 Å². The number of hydrogen-bond donors (Lipinski definition) is 2. The van der Waals surface area contributed by atoms with Crippen LogP contribution in [-0.2, 0) is 11.8 Å². The third-order valence-corrected chi connectivity index (χ3v) is 6.49. The van der Waals surface area contributed by atoms with Crippen LogP contribution in [0.25, 0.3) is 10.2 Å². The van der Waals surface area contributed by atoms with Crippen molar-refractivity contribution in [3.8, 4) is 0 Å². The van der Waals surface area contributed by atoms with Gasteiger partial charge in [0, 0.05) is 17.0 Å². The predicted molar refractivity (Wildman–Crippen MR) is 92.6 cm³/mol. The molecule has 1 saturated carbocycles. The highest BCUT2D eigenvalue weighted by Gasteiger charge is 2.35. The molecular weight excluding hydrogens is 292 g/mol. The molecule has 3 N–H and O–H groups in total. The zero-order valence-corrected chi connectivity index (χ0v) is 14.2. The van der Waals surface area contributed by atoms with Gasteiger partial charge in [-0.1, -0.05) is 13.8 Å². The van der Waals surface area contributed by atoms with Crippen molar-refractivity contribution in [2.75, 3.05) is 5.32 Å². The first-order chi connectivity index (χ1) is 10.5. The first-order valence-corrected chi connectivity index (χ1v) is 9.15. The van der Waals surface area contributed by atoms with Crippen LogP contribution in [0.4, 0.5) is 5.82 Å². The summed E-state index contributed by atoms with van der Waals surface area (Å²) in [5.74, 6) is 1.04. The quantitative estimate of drug-likeness (QED) is 0.888. The van der Waals surface area contributed by atoms with Gasteiger partial charge in [-0.25, -0.2) is 9.97 Å². The van der Waals surface area contributed by atoms with Crippen molar-refractivity contribution in [2.24, 2.45) is 5.73 Å². The molecule has 4 nitrogen and oxygen atoms in total. The van der Waals surface area contributed by atoms with E-state index in [0.717, 1.165) is 36.3 Å². The van der Waals surface area contributed by atoms with Gasteiger partial charge in [0.15, 0.2) is 0 Å². The standard InChI is InChI=1S/C17H24N4S/c1-17(2)8-7-12-14(17)13-15(19-9-20-16(13)22-12)21-11-5-3-10(18)4-6-11/h9-11H,3-8,18H2,1-2H3,(H,19,20,21). The van der Waals surface area contributed by atoms with Crippen molar-refractivity contribution in [3.05, 3.63) is 16.8 Å². The number of aryl methyl sites for hydroxylation is 1. The maximum absolute atomic E-state index is 6.02. The fourth-order valence-corrected chi connectivity index (χ4v) is 5.31. The molecule has 118 valence electrons. The zero-order chi connectivity index (χ0) is 15.3. The van der Waals surface area contributed by atoms with Gasteiger partial charge in [0.1, 0.15) is 17.0 Å². The number of thiophene rings is 1. The van der Waals surface area contributed by atoms with E-state index >= 15 is 0 Å². The van der Waals surface area contributed by atoms with Crippen LogP contribution >= 0.6 is 11.3 Å². The third-order valence-electron chi connectivity index (χ3n) is 5.33. The number of hydrogen-bond acceptors (Lipinski definition) is 5. The summed E-state index contributed by atoms with van der Waals surface area (Å²) in [6.45, 7) is 4.70.